The van der Waals surface area contributed by atoms with Gasteiger partial charge in [-0.2, -0.15) is 10.2 Å². The van der Waals surface area contributed by atoms with Crippen LogP contribution < -0.4 is 10.5 Å². The molecule has 1 atom stereocenters. The molecule has 1 unspecified atom stereocenters. The van der Waals surface area contributed by atoms with Crippen LogP contribution in [0.25, 0.3) is 22.6 Å². The highest BCUT2D eigenvalue weighted by Gasteiger charge is 2.24. The molecule has 0 saturated heterocycles. The van der Waals surface area contributed by atoms with Gasteiger partial charge in [-0.05, 0) is 20.8 Å². The maximum Gasteiger partial charge on any atom is 0.258 e. The molecule has 0 aliphatic carbocycles. The van der Waals surface area contributed by atoms with Gasteiger partial charge in [-0.3, -0.25) is 9.36 Å². The second-order valence-electron chi connectivity index (χ2n) is 7.95. The summed E-state index contributed by atoms with van der Waals surface area (Å²) in [6.45, 7) is 6.86. The number of nitrogen functional groups attached to an aromatic ring is 1. The third-order valence-corrected chi connectivity index (χ3v) is 5.81. The molecular weight excluding hydrogens is 390 g/mol. The average molecular weight is 416 g/mol. The molecule has 8 nitrogen and oxygen atoms in total. The van der Waals surface area contributed by atoms with Gasteiger partial charge < -0.3 is 10.5 Å². The molecule has 1 aliphatic heterocycles. The highest BCUT2D eigenvalue weighted by molar-refractivity contribution is 5.70. The van der Waals surface area contributed by atoms with Crippen LogP contribution in [-0.4, -0.2) is 29.5 Å². The number of anilines is 1. The molecule has 0 amide bonds. The average Bonchev–Trinajstić information content (AvgIpc) is 3.32. The summed E-state index contributed by atoms with van der Waals surface area (Å²) in [5.41, 5.74) is 14.3. The molecule has 3 aromatic heterocycles. The van der Waals surface area contributed by atoms with E-state index in [0.717, 1.165) is 45.7 Å². The summed E-state index contributed by atoms with van der Waals surface area (Å²) < 4.78 is 10.1. The van der Waals surface area contributed by atoms with Crippen LogP contribution in [0.2, 0.25) is 0 Å². The first-order chi connectivity index (χ1) is 15.0. The zero-order chi connectivity index (χ0) is 21.7. The lowest BCUT2D eigenvalue weighted by molar-refractivity contribution is 0.219. The van der Waals surface area contributed by atoms with Crippen LogP contribution in [0.15, 0.2) is 36.8 Å². The number of aromatic nitrogens is 6. The van der Waals surface area contributed by atoms with Crippen molar-refractivity contribution < 1.29 is 4.74 Å². The van der Waals surface area contributed by atoms with Crippen LogP contribution in [0.3, 0.4) is 0 Å². The number of ether oxygens (including phenoxy) is 1. The van der Waals surface area contributed by atoms with E-state index < -0.39 is 0 Å². The van der Waals surface area contributed by atoms with Gasteiger partial charge in [-0.25, -0.2) is 9.97 Å². The van der Waals surface area contributed by atoms with Gasteiger partial charge in [0.1, 0.15) is 11.8 Å². The smallest absolute Gasteiger partial charge is 0.258 e. The predicted octanol–water partition coefficient (Wildman–Crippen LogP) is 3.70. The van der Waals surface area contributed by atoms with Gasteiger partial charge >= 0.3 is 0 Å². The SMILES string of the molecule is CCn1ncc2c1-c1cnc(N)c(n1)OC(C)c1cc(C)ccc1-c1c(cnn1C)C2. The van der Waals surface area contributed by atoms with Crippen molar-refractivity contribution in [1.82, 2.24) is 29.5 Å². The molecule has 1 aliphatic rings. The summed E-state index contributed by atoms with van der Waals surface area (Å²) in [5, 5.41) is 9.16. The summed E-state index contributed by atoms with van der Waals surface area (Å²) in [6.07, 6.45) is 5.93. The van der Waals surface area contributed by atoms with Gasteiger partial charge in [-0.1, -0.05) is 23.8 Å². The predicted molar refractivity (Wildman–Crippen MR) is 119 cm³/mol. The fourth-order valence-electron chi connectivity index (χ4n) is 4.30. The Morgan fingerprint density at radius 1 is 1.13 bits per heavy atom. The van der Waals surface area contributed by atoms with Gasteiger partial charge in [0.05, 0.1) is 30.0 Å². The first kappa shape index (κ1) is 19.3. The van der Waals surface area contributed by atoms with E-state index in [-0.39, 0.29) is 11.9 Å². The zero-order valence-corrected chi connectivity index (χ0v) is 18.1. The van der Waals surface area contributed by atoms with Crippen LogP contribution in [0, 0.1) is 6.92 Å². The maximum atomic E-state index is 6.28. The van der Waals surface area contributed by atoms with E-state index in [1.54, 1.807) is 6.20 Å². The first-order valence-corrected chi connectivity index (χ1v) is 10.4. The van der Waals surface area contributed by atoms with Crippen LogP contribution in [0.4, 0.5) is 5.82 Å². The summed E-state index contributed by atoms with van der Waals surface area (Å²) in [5.74, 6) is 0.602. The molecule has 31 heavy (non-hydrogen) atoms. The van der Waals surface area contributed by atoms with E-state index in [1.807, 2.05) is 35.7 Å². The highest BCUT2D eigenvalue weighted by Crippen LogP contribution is 2.37. The monoisotopic (exact) mass is 415 g/mol. The standard InChI is InChI=1S/C23H25N7O/c1-5-30-21-16(11-27-30)9-15-10-26-29(4)20(15)17-7-6-13(2)8-18(17)14(3)31-23-22(24)25-12-19(21)28-23/h6-8,10-12,14H,5,9H2,1-4H3,(H2,24,25). The molecular formula is C23H25N7O. The third kappa shape index (κ3) is 3.15. The number of nitrogens with two attached hydrogens (primary N) is 1. The van der Waals surface area contributed by atoms with Gasteiger partial charge in [-0.15, -0.1) is 0 Å². The molecule has 0 spiro atoms. The van der Waals surface area contributed by atoms with Crippen molar-refractivity contribution in [2.75, 3.05) is 5.73 Å². The number of hydrogen-bond donors (Lipinski definition) is 1. The Morgan fingerprint density at radius 3 is 2.71 bits per heavy atom. The normalized spacial score (nSPS) is 15.2. The highest BCUT2D eigenvalue weighted by atomic mass is 16.5. The minimum Gasteiger partial charge on any atom is -0.467 e. The fraction of sp³-hybridized carbons (Fsp3) is 0.304. The summed E-state index contributed by atoms with van der Waals surface area (Å²) in [7, 11) is 1.97. The summed E-state index contributed by atoms with van der Waals surface area (Å²) in [4.78, 5) is 9.12. The maximum absolute atomic E-state index is 6.28. The number of fused-ring (bicyclic) bond motifs is 7. The van der Waals surface area contributed by atoms with Crippen LogP contribution in [0.1, 0.15) is 42.2 Å². The first-order valence-electron chi connectivity index (χ1n) is 10.4. The van der Waals surface area contributed by atoms with E-state index >= 15 is 0 Å². The van der Waals surface area contributed by atoms with Crippen molar-refractivity contribution in [1.29, 1.82) is 0 Å². The Balaban J connectivity index is 1.82. The van der Waals surface area contributed by atoms with E-state index in [2.05, 4.69) is 47.2 Å². The van der Waals surface area contributed by atoms with Crippen molar-refractivity contribution in [2.45, 2.75) is 39.8 Å². The molecule has 4 aromatic rings. The molecule has 2 N–H and O–H groups in total. The minimum atomic E-state index is -0.278. The van der Waals surface area contributed by atoms with Crippen molar-refractivity contribution in [2.24, 2.45) is 7.05 Å². The molecule has 8 heteroatoms. The molecule has 0 saturated carbocycles. The number of benzene rings is 1. The second kappa shape index (κ2) is 7.23. The van der Waals surface area contributed by atoms with Gasteiger partial charge in [0.2, 0.25) is 0 Å². The quantitative estimate of drug-likeness (QED) is 0.509. The number of hydrogen-bond acceptors (Lipinski definition) is 6. The zero-order valence-electron chi connectivity index (χ0n) is 18.1. The Labute approximate surface area is 180 Å². The van der Waals surface area contributed by atoms with Crippen LogP contribution in [0.5, 0.6) is 5.88 Å². The molecule has 2 bridgehead atoms. The third-order valence-electron chi connectivity index (χ3n) is 5.81. The Kier molecular flexibility index (Phi) is 4.50. The summed E-state index contributed by atoms with van der Waals surface area (Å²) in [6, 6.07) is 6.40. The number of rotatable bonds is 1. The number of aryl methyl sites for hydroxylation is 3. The van der Waals surface area contributed by atoms with Crippen molar-refractivity contribution in [3.05, 3.63) is 59.0 Å². The molecule has 1 aromatic carbocycles. The fourth-order valence-corrected chi connectivity index (χ4v) is 4.30. The van der Waals surface area contributed by atoms with E-state index in [9.17, 15) is 0 Å². The second-order valence-corrected chi connectivity index (χ2v) is 7.95. The van der Waals surface area contributed by atoms with E-state index in [1.165, 1.54) is 0 Å². The number of nitrogens with zero attached hydrogens (tertiary/aromatic N) is 6. The summed E-state index contributed by atoms with van der Waals surface area (Å²) >= 11 is 0. The molecule has 4 heterocycles. The van der Waals surface area contributed by atoms with E-state index in [4.69, 9.17) is 15.5 Å². The minimum absolute atomic E-state index is 0.271. The van der Waals surface area contributed by atoms with Crippen molar-refractivity contribution >= 4 is 5.82 Å². The Bertz CT molecular complexity index is 1290. The van der Waals surface area contributed by atoms with Gasteiger partial charge in [0, 0.05) is 42.3 Å². The Hall–Kier alpha value is -3.68. The Morgan fingerprint density at radius 2 is 1.90 bits per heavy atom. The molecule has 0 radical (unpaired) electrons. The molecule has 0 fully saturated rings. The van der Waals surface area contributed by atoms with Crippen molar-refractivity contribution in [3.8, 4) is 28.5 Å². The molecule has 5 rings (SSSR count). The lowest BCUT2D eigenvalue weighted by atomic mass is 9.94. The van der Waals surface area contributed by atoms with Gasteiger partial charge in [0.15, 0.2) is 5.82 Å². The van der Waals surface area contributed by atoms with Crippen LogP contribution in [-0.2, 0) is 20.0 Å². The van der Waals surface area contributed by atoms with Crippen molar-refractivity contribution in [3.63, 3.8) is 0 Å². The largest absolute Gasteiger partial charge is 0.467 e. The lowest BCUT2D eigenvalue weighted by Crippen LogP contribution is -2.12. The molecule has 158 valence electrons. The van der Waals surface area contributed by atoms with Crippen LogP contribution >= 0.6 is 0 Å². The topological polar surface area (TPSA) is 96.7 Å². The van der Waals surface area contributed by atoms with E-state index in [0.29, 0.717) is 18.0 Å². The lowest BCUT2D eigenvalue weighted by Gasteiger charge is -2.21. The van der Waals surface area contributed by atoms with Gasteiger partial charge in [0.25, 0.3) is 5.88 Å².